The number of non-ortho nitro benzene ring substituents is 1. The summed E-state index contributed by atoms with van der Waals surface area (Å²) in [5, 5.41) is 11.5. The summed E-state index contributed by atoms with van der Waals surface area (Å²) in [6.45, 7) is 1.80. The van der Waals surface area contributed by atoms with E-state index in [0.717, 1.165) is 12.1 Å². The minimum absolute atomic E-state index is 0.0139. The number of aromatic amines is 1. The number of halogens is 1. The standard InChI is InChI=1S/C22H22FN3O7/c1-4-33-22(28)13-6-5-7-16(9-13)25(12-19(31-2)32-3)21(27)17-10-14-8-15(23)11-18(26(29)30)20(14)24-17/h5-11,19,24H,4,12H2,1-3H3. The fraction of sp³-hybridized carbons (Fsp3) is 0.273. The average molecular weight is 459 g/mol. The second kappa shape index (κ2) is 10.2. The number of nitrogens with zero attached hydrogens (tertiary/aromatic N) is 2. The summed E-state index contributed by atoms with van der Waals surface area (Å²) in [5.74, 6) is -1.95. The molecule has 33 heavy (non-hydrogen) atoms. The molecule has 2 aromatic carbocycles. The molecule has 0 fully saturated rings. The van der Waals surface area contributed by atoms with Gasteiger partial charge in [-0.05, 0) is 37.3 Å². The number of fused-ring (bicyclic) bond motifs is 1. The fourth-order valence-corrected chi connectivity index (χ4v) is 3.31. The number of H-pyrrole nitrogens is 1. The molecule has 1 aromatic heterocycles. The Morgan fingerprint density at radius 3 is 2.55 bits per heavy atom. The Hall–Kier alpha value is -3.83. The molecule has 0 aliphatic rings. The maximum Gasteiger partial charge on any atom is 0.338 e. The molecular formula is C22H22FN3O7. The molecule has 0 aliphatic carbocycles. The summed E-state index contributed by atoms with van der Waals surface area (Å²) in [4.78, 5) is 40.2. The SMILES string of the molecule is CCOC(=O)c1cccc(N(CC(OC)OC)C(=O)c2cc3cc(F)cc([N+](=O)[O-])c3[nH]2)c1. The van der Waals surface area contributed by atoms with Crippen molar-refractivity contribution in [1.29, 1.82) is 0 Å². The van der Waals surface area contributed by atoms with Gasteiger partial charge < -0.3 is 24.1 Å². The number of hydrogen-bond donors (Lipinski definition) is 1. The number of benzene rings is 2. The quantitative estimate of drug-likeness (QED) is 0.224. The molecule has 3 rings (SSSR count). The number of carbonyl (C=O) groups excluding carboxylic acids is 2. The molecule has 174 valence electrons. The maximum atomic E-state index is 13.8. The first kappa shape index (κ1) is 23.8. The first-order chi connectivity index (χ1) is 15.8. The number of esters is 1. The smallest absolute Gasteiger partial charge is 0.338 e. The molecule has 1 heterocycles. The average Bonchev–Trinajstić information content (AvgIpc) is 3.23. The minimum atomic E-state index is -0.809. The number of methoxy groups -OCH3 is 2. The molecule has 10 nitrogen and oxygen atoms in total. The molecule has 0 bridgehead atoms. The number of hydrogen-bond acceptors (Lipinski definition) is 7. The van der Waals surface area contributed by atoms with Crippen LogP contribution in [0.3, 0.4) is 0 Å². The molecule has 3 aromatic rings. The van der Waals surface area contributed by atoms with Crippen molar-refractivity contribution in [2.24, 2.45) is 0 Å². The molecule has 0 aliphatic heterocycles. The van der Waals surface area contributed by atoms with Crippen molar-refractivity contribution in [1.82, 2.24) is 4.98 Å². The van der Waals surface area contributed by atoms with E-state index >= 15 is 0 Å². The zero-order valence-electron chi connectivity index (χ0n) is 18.2. The minimum Gasteiger partial charge on any atom is -0.462 e. The monoisotopic (exact) mass is 459 g/mol. The van der Waals surface area contributed by atoms with E-state index in [2.05, 4.69) is 4.98 Å². The molecule has 11 heteroatoms. The first-order valence-corrected chi connectivity index (χ1v) is 9.90. The number of nitrogens with one attached hydrogen (secondary N) is 1. The fourth-order valence-electron chi connectivity index (χ4n) is 3.31. The molecule has 0 saturated carbocycles. The molecular weight excluding hydrogens is 437 g/mol. The van der Waals surface area contributed by atoms with Gasteiger partial charge in [0.15, 0.2) is 6.29 Å². The molecule has 0 saturated heterocycles. The van der Waals surface area contributed by atoms with E-state index in [1.54, 1.807) is 25.1 Å². The van der Waals surface area contributed by atoms with Crippen LogP contribution in [0.5, 0.6) is 0 Å². The van der Waals surface area contributed by atoms with Crippen LogP contribution in [0.1, 0.15) is 27.8 Å². The number of aromatic nitrogens is 1. The topological polar surface area (TPSA) is 124 Å². The van der Waals surface area contributed by atoms with Crippen LogP contribution in [-0.4, -0.2) is 55.4 Å². The predicted molar refractivity (Wildman–Crippen MR) is 117 cm³/mol. The lowest BCUT2D eigenvalue weighted by atomic mass is 10.1. The summed E-state index contributed by atoms with van der Waals surface area (Å²) < 4.78 is 29.3. The second-order valence-electron chi connectivity index (χ2n) is 6.92. The summed E-state index contributed by atoms with van der Waals surface area (Å²) in [6, 6.07) is 9.40. The summed E-state index contributed by atoms with van der Waals surface area (Å²) in [7, 11) is 2.81. The lowest BCUT2D eigenvalue weighted by Crippen LogP contribution is -2.39. The highest BCUT2D eigenvalue weighted by molar-refractivity contribution is 6.08. The lowest BCUT2D eigenvalue weighted by Gasteiger charge is -2.26. The van der Waals surface area contributed by atoms with E-state index < -0.39 is 34.6 Å². The van der Waals surface area contributed by atoms with Crippen molar-refractivity contribution in [3.63, 3.8) is 0 Å². The Bertz CT molecular complexity index is 1190. The molecule has 1 amide bonds. The Morgan fingerprint density at radius 2 is 1.91 bits per heavy atom. The van der Waals surface area contributed by atoms with Gasteiger partial charge in [0, 0.05) is 25.3 Å². The van der Waals surface area contributed by atoms with Gasteiger partial charge in [-0.3, -0.25) is 14.9 Å². The highest BCUT2D eigenvalue weighted by atomic mass is 19.1. The van der Waals surface area contributed by atoms with Crippen LogP contribution < -0.4 is 4.90 Å². The number of nitro benzene ring substituents is 1. The van der Waals surface area contributed by atoms with Crippen molar-refractivity contribution in [3.8, 4) is 0 Å². The van der Waals surface area contributed by atoms with Gasteiger partial charge in [-0.1, -0.05) is 6.07 Å². The van der Waals surface area contributed by atoms with Crippen LogP contribution in [0, 0.1) is 15.9 Å². The molecule has 0 atom stereocenters. The largest absolute Gasteiger partial charge is 0.462 e. The lowest BCUT2D eigenvalue weighted by molar-refractivity contribution is -0.383. The summed E-state index contributed by atoms with van der Waals surface area (Å²) >= 11 is 0. The Labute approximate surface area is 188 Å². The van der Waals surface area contributed by atoms with Gasteiger partial charge in [-0.15, -0.1) is 0 Å². The van der Waals surface area contributed by atoms with Crippen molar-refractivity contribution in [3.05, 3.63) is 69.7 Å². The van der Waals surface area contributed by atoms with Gasteiger partial charge in [0.05, 0.1) is 29.7 Å². The van der Waals surface area contributed by atoms with Crippen molar-refractivity contribution in [2.75, 3.05) is 32.3 Å². The third-order valence-electron chi connectivity index (χ3n) is 4.87. The van der Waals surface area contributed by atoms with E-state index in [0.29, 0.717) is 5.69 Å². The highest BCUT2D eigenvalue weighted by Crippen LogP contribution is 2.29. The van der Waals surface area contributed by atoms with Crippen molar-refractivity contribution < 1.29 is 33.1 Å². The van der Waals surface area contributed by atoms with Crippen molar-refractivity contribution in [2.45, 2.75) is 13.2 Å². The van der Waals surface area contributed by atoms with Gasteiger partial charge in [0.2, 0.25) is 0 Å². The number of ether oxygens (including phenoxy) is 3. The Balaban J connectivity index is 2.07. The van der Waals surface area contributed by atoms with E-state index in [4.69, 9.17) is 14.2 Å². The number of rotatable bonds is 9. The van der Waals surface area contributed by atoms with Gasteiger partial charge in [-0.2, -0.15) is 0 Å². The number of nitro groups is 1. The maximum absolute atomic E-state index is 13.8. The van der Waals surface area contributed by atoms with Gasteiger partial charge in [0.1, 0.15) is 17.0 Å². The van der Waals surface area contributed by atoms with Gasteiger partial charge in [0.25, 0.3) is 11.6 Å². The van der Waals surface area contributed by atoms with Crippen molar-refractivity contribution >= 4 is 34.2 Å². The van der Waals surface area contributed by atoms with E-state index in [-0.39, 0.29) is 35.3 Å². The normalized spacial score (nSPS) is 11.1. The Morgan fingerprint density at radius 1 is 1.18 bits per heavy atom. The van der Waals surface area contributed by atoms with E-state index in [1.165, 1.54) is 31.3 Å². The molecule has 0 radical (unpaired) electrons. The van der Waals surface area contributed by atoms with Crippen LogP contribution in [0.25, 0.3) is 10.9 Å². The predicted octanol–water partition coefficient (Wildman–Crippen LogP) is 3.66. The molecule has 0 unspecified atom stereocenters. The third kappa shape index (κ3) is 5.16. The first-order valence-electron chi connectivity index (χ1n) is 9.90. The zero-order valence-corrected chi connectivity index (χ0v) is 18.2. The van der Waals surface area contributed by atoms with Crippen LogP contribution in [-0.2, 0) is 14.2 Å². The number of anilines is 1. The van der Waals surface area contributed by atoms with Crippen LogP contribution >= 0.6 is 0 Å². The Kier molecular flexibility index (Phi) is 7.36. The number of amides is 1. The third-order valence-corrected chi connectivity index (χ3v) is 4.87. The number of carbonyl (C=O) groups is 2. The highest BCUT2D eigenvalue weighted by Gasteiger charge is 2.26. The van der Waals surface area contributed by atoms with Gasteiger partial charge in [-0.25, -0.2) is 9.18 Å². The van der Waals surface area contributed by atoms with Crippen LogP contribution in [0.4, 0.5) is 15.8 Å². The second-order valence-corrected chi connectivity index (χ2v) is 6.92. The van der Waals surface area contributed by atoms with Crippen LogP contribution in [0.2, 0.25) is 0 Å². The zero-order chi connectivity index (χ0) is 24.1. The van der Waals surface area contributed by atoms with E-state index in [1.807, 2.05) is 0 Å². The van der Waals surface area contributed by atoms with Gasteiger partial charge >= 0.3 is 5.97 Å². The van der Waals surface area contributed by atoms with Crippen LogP contribution in [0.15, 0.2) is 42.5 Å². The molecule has 0 spiro atoms. The summed E-state index contributed by atoms with van der Waals surface area (Å²) in [5.41, 5.74) is 0.0645. The summed E-state index contributed by atoms with van der Waals surface area (Å²) in [6.07, 6.45) is -0.809. The van der Waals surface area contributed by atoms with E-state index in [9.17, 15) is 24.1 Å². The molecule has 1 N–H and O–H groups in total.